The SMILES string of the molecule is Cc1ccc(NC(=O)CCNC(=O)NC(C)c2ccccc2C)nc1. The fourth-order valence-corrected chi connectivity index (χ4v) is 2.43. The molecule has 0 saturated heterocycles. The highest BCUT2D eigenvalue weighted by atomic mass is 16.2. The fraction of sp³-hybridized carbons (Fsp3) is 0.316. The maximum Gasteiger partial charge on any atom is 0.315 e. The van der Waals surface area contributed by atoms with Gasteiger partial charge in [-0.3, -0.25) is 4.79 Å². The number of rotatable bonds is 6. The first-order chi connectivity index (χ1) is 12.0. The zero-order valence-electron chi connectivity index (χ0n) is 14.8. The van der Waals surface area contributed by atoms with Gasteiger partial charge in [0.1, 0.15) is 5.82 Å². The first kappa shape index (κ1) is 18.4. The van der Waals surface area contributed by atoms with Gasteiger partial charge in [0.05, 0.1) is 6.04 Å². The molecule has 0 spiro atoms. The van der Waals surface area contributed by atoms with Crippen LogP contribution in [-0.2, 0) is 4.79 Å². The molecule has 1 heterocycles. The van der Waals surface area contributed by atoms with Crippen LogP contribution in [0.1, 0.15) is 36.1 Å². The third kappa shape index (κ3) is 5.91. The number of aromatic nitrogens is 1. The number of carbonyl (C=O) groups is 2. The van der Waals surface area contributed by atoms with E-state index in [1.54, 1.807) is 12.3 Å². The lowest BCUT2D eigenvalue weighted by atomic mass is 10.0. The van der Waals surface area contributed by atoms with Crippen LogP contribution < -0.4 is 16.0 Å². The number of hydrogen-bond acceptors (Lipinski definition) is 3. The number of aryl methyl sites for hydroxylation is 2. The van der Waals surface area contributed by atoms with Gasteiger partial charge in [-0.25, -0.2) is 9.78 Å². The molecule has 132 valence electrons. The average molecular weight is 340 g/mol. The van der Waals surface area contributed by atoms with Crippen LogP contribution in [0.15, 0.2) is 42.6 Å². The van der Waals surface area contributed by atoms with Crippen LogP contribution in [0.5, 0.6) is 0 Å². The van der Waals surface area contributed by atoms with E-state index in [-0.39, 0.29) is 30.9 Å². The number of nitrogens with one attached hydrogen (secondary N) is 3. The summed E-state index contributed by atoms with van der Waals surface area (Å²) < 4.78 is 0. The van der Waals surface area contributed by atoms with Crippen LogP contribution in [0, 0.1) is 13.8 Å². The van der Waals surface area contributed by atoms with Crippen molar-refractivity contribution >= 4 is 17.8 Å². The molecular weight excluding hydrogens is 316 g/mol. The summed E-state index contributed by atoms with van der Waals surface area (Å²) in [6.07, 6.45) is 1.87. The minimum absolute atomic E-state index is 0.105. The van der Waals surface area contributed by atoms with Crippen molar-refractivity contribution in [3.63, 3.8) is 0 Å². The normalized spacial score (nSPS) is 11.5. The Bertz CT molecular complexity index is 728. The minimum atomic E-state index is -0.294. The van der Waals surface area contributed by atoms with E-state index < -0.39 is 0 Å². The highest BCUT2D eigenvalue weighted by molar-refractivity contribution is 5.90. The predicted molar refractivity (Wildman–Crippen MR) is 98.3 cm³/mol. The van der Waals surface area contributed by atoms with Crippen molar-refractivity contribution in [2.75, 3.05) is 11.9 Å². The summed E-state index contributed by atoms with van der Waals surface area (Å²) in [7, 11) is 0. The van der Waals surface area contributed by atoms with Gasteiger partial charge in [-0.2, -0.15) is 0 Å². The number of pyridine rings is 1. The third-order valence-corrected chi connectivity index (χ3v) is 3.82. The maximum atomic E-state index is 11.9. The van der Waals surface area contributed by atoms with Gasteiger partial charge in [-0.15, -0.1) is 0 Å². The fourth-order valence-electron chi connectivity index (χ4n) is 2.43. The predicted octanol–water partition coefficient (Wildman–Crippen LogP) is 3.09. The zero-order valence-corrected chi connectivity index (χ0v) is 14.8. The lowest BCUT2D eigenvalue weighted by molar-refractivity contribution is -0.116. The topological polar surface area (TPSA) is 83.1 Å². The molecule has 6 nitrogen and oxygen atoms in total. The molecule has 1 unspecified atom stereocenters. The van der Waals surface area contributed by atoms with E-state index in [2.05, 4.69) is 20.9 Å². The first-order valence-electron chi connectivity index (χ1n) is 8.28. The molecule has 3 N–H and O–H groups in total. The van der Waals surface area contributed by atoms with Gasteiger partial charge in [0.15, 0.2) is 0 Å². The Kier molecular flexibility index (Phi) is 6.51. The molecular formula is C19H24N4O2. The smallest absolute Gasteiger partial charge is 0.315 e. The van der Waals surface area contributed by atoms with Crippen LogP contribution in [-0.4, -0.2) is 23.5 Å². The standard InChI is InChI=1S/C19H24N4O2/c1-13-8-9-17(21-12-13)23-18(24)10-11-20-19(25)22-15(3)16-7-5-4-6-14(16)2/h4-9,12,15H,10-11H2,1-3H3,(H2,20,22,25)(H,21,23,24). The van der Waals surface area contributed by atoms with Crippen molar-refractivity contribution in [2.24, 2.45) is 0 Å². The number of hydrogen-bond donors (Lipinski definition) is 3. The quantitative estimate of drug-likeness (QED) is 0.755. The number of urea groups is 1. The second kappa shape index (κ2) is 8.82. The summed E-state index contributed by atoms with van der Waals surface area (Å²) in [6.45, 7) is 6.12. The van der Waals surface area contributed by atoms with Gasteiger partial charge < -0.3 is 16.0 Å². The monoisotopic (exact) mass is 340 g/mol. The molecule has 3 amide bonds. The van der Waals surface area contributed by atoms with Gasteiger partial charge in [-0.05, 0) is 43.5 Å². The molecule has 1 aromatic heterocycles. The second-order valence-corrected chi connectivity index (χ2v) is 6.00. The van der Waals surface area contributed by atoms with Crippen molar-refractivity contribution in [1.82, 2.24) is 15.6 Å². The van der Waals surface area contributed by atoms with Crippen molar-refractivity contribution < 1.29 is 9.59 Å². The number of carbonyl (C=O) groups excluding carboxylic acids is 2. The molecule has 0 aliphatic heterocycles. The minimum Gasteiger partial charge on any atom is -0.338 e. The molecule has 1 aromatic carbocycles. The molecule has 2 rings (SSSR count). The van der Waals surface area contributed by atoms with E-state index in [0.717, 1.165) is 16.7 Å². The second-order valence-electron chi connectivity index (χ2n) is 6.00. The molecule has 1 atom stereocenters. The van der Waals surface area contributed by atoms with Crippen LogP contribution in [0.25, 0.3) is 0 Å². The maximum absolute atomic E-state index is 11.9. The average Bonchev–Trinajstić information content (AvgIpc) is 2.57. The molecule has 0 fully saturated rings. The molecule has 0 aliphatic carbocycles. The van der Waals surface area contributed by atoms with Gasteiger partial charge in [-0.1, -0.05) is 30.3 Å². The molecule has 2 aromatic rings. The van der Waals surface area contributed by atoms with Gasteiger partial charge in [0, 0.05) is 19.2 Å². The van der Waals surface area contributed by atoms with Crippen molar-refractivity contribution in [1.29, 1.82) is 0 Å². The molecule has 0 radical (unpaired) electrons. The van der Waals surface area contributed by atoms with E-state index in [0.29, 0.717) is 5.82 Å². The molecule has 0 bridgehead atoms. The summed E-state index contributed by atoms with van der Waals surface area (Å²) in [5.74, 6) is 0.317. The van der Waals surface area contributed by atoms with Crippen molar-refractivity contribution in [3.8, 4) is 0 Å². The number of nitrogens with zero attached hydrogens (tertiary/aromatic N) is 1. The van der Waals surface area contributed by atoms with Crippen molar-refractivity contribution in [3.05, 3.63) is 59.3 Å². The summed E-state index contributed by atoms with van der Waals surface area (Å²) in [5.41, 5.74) is 3.22. The Morgan fingerprint density at radius 3 is 2.56 bits per heavy atom. The Balaban J connectivity index is 1.72. The first-order valence-corrected chi connectivity index (χ1v) is 8.28. The van der Waals surface area contributed by atoms with E-state index >= 15 is 0 Å². The third-order valence-electron chi connectivity index (χ3n) is 3.82. The Morgan fingerprint density at radius 1 is 1.12 bits per heavy atom. The summed E-state index contributed by atoms with van der Waals surface area (Å²) in [5, 5.41) is 8.27. The van der Waals surface area contributed by atoms with Gasteiger partial charge in [0.25, 0.3) is 0 Å². The number of anilines is 1. The van der Waals surface area contributed by atoms with Crippen LogP contribution >= 0.6 is 0 Å². The summed E-state index contributed by atoms with van der Waals surface area (Å²) >= 11 is 0. The van der Waals surface area contributed by atoms with Crippen LogP contribution in [0.3, 0.4) is 0 Å². The molecule has 0 saturated carbocycles. The van der Waals surface area contributed by atoms with Gasteiger partial charge in [0.2, 0.25) is 5.91 Å². The number of amides is 3. The molecule has 25 heavy (non-hydrogen) atoms. The Hall–Kier alpha value is -2.89. The summed E-state index contributed by atoms with van der Waals surface area (Å²) in [4.78, 5) is 27.9. The highest BCUT2D eigenvalue weighted by Crippen LogP contribution is 2.16. The summed E-state index contributed by atoms with van der Waals surface area (Å²) in [6, 6.07) is 11.1. The van der Waals surface area contributed by atoms with Crippen LogP contribution in [0.2, 0.25) is 0 Å². The lowest BCUT2D eigenvalue weighted by Gasteiger charge is -2.17. The molecule has 6 heteroatoms. The van der Waals surface area contributed by atoms with E-state index in [4.69, 9.17) is 0 Å². The molecule has 0 aliphatic rings. The van der Waals surface area contributed by atoms with E-state index in [1.165, 1.54) is 0 Å². The van der Waals surface area contributed by atoms with Crippen molar-refractivity contribution in [2.45, 2.75) is 33.2 Å². The van der Waals surface area contributed by atoms with E-state index in [1.807, 2.05) is 51.1 Å². The highest BCUT2D eigenvalue weighted by Gasteiger charge is 2.11. The zero-order chi connectivity index (χ0) is 18.2. The lowest BCUT2D eigenvalue weighted by Crippen LogP contribution is -2.38. The Morgan fingerprint density at radius 2 is 1.88 bits per heavy atom. The largest absolute Gasteiger partial charge is 0.338 e. The van der Waals surface area contributed by atoms with Gasteiger partial charge >= 0.3 is 6.03 Å². The Labute approximate surface area is 148 Å². The van der Waals surface area contributed by atoms with Crippen LogP contribution in [0.4, 0.5) is 10.6 Å². The number of benzene rings is 1. The van der Waals surface area contributed by atoms with E-state index in [9.17, 15) is 9.59 Å².